The van der Waals surface area contributed by atoms with Crippen molar-refractivity contribution >= 4 is 5.97 Å². The third-order valence-corrected chi connectivity index (χ3v) is 2.82. The fourth-order valence-corrected chi connectivity index (χ4v) is 1.44. The predicted octanol–water partition coefficient (Wildman–Crippen LogP) is 2.78. The molecule has 0 bridgehead atoms. The standard InChI is InChI=1S/C10H20O2/c1-5-6-7(2)8(3)9(4)10(11)12/h7-9H,5-6H2,1-4H3,(H,11,12). The molecule has 0 aliphatic carbocycles. The summed E-state index contributed by atoms with van der Waals surface area (Å²) in [5.41, 5.74) is 0. The van der Waals surface area contributed by atoms with Crippen molar-refractivity contribution in [1.82, 2.24) is 0 Å². The Morgan fingerprint density at radius 3 is 2.17 bits per heavy atom. The van der Waals surface area contributed by atoms with Crippen molar-refractivity contribution in [2.45, 2.75) is 40.5 Å². The van der Waals surface area contributed by atoms with Gasteiger partial charge in [0.05, 0.1) is 5.92 Å². The van der Waals surface area contributed by atoms with Gasteiger partial charge < -0.3 is 5.11 Å². The zero-order chi connectivity index (χ0) is 9.72. The molecule has 0 aromatic heterocycles. The molecule has 0 aliphatic rings. The molecule has 0 saturated carbocycles. The lowest BCUT2D eigenvalue weighted by Crippen LogP contribution is -2.23. The smallest absolute Gasteiger partial charge is 0.306 e. The van der Waals surface area contributed by atoms with Gasteiger partial charge in [0.25, 0.3) is 0 Å². The van der Waals surface area contributed by atoms with Crippen LogP contribution in [0, 0.1) is 17.8 Å². The number of carboxylic acid groups (broad SMARTS) is 1. The summed E-state index contributed by atoms with van der Waals surface area (Å²) in [6.07, 6.45) is 2.26. The Kier molecular flexibility index (Phi) is 4.95. The Morgan fingerprint density at radius 1 is 1.33 bits per heavy atom. The molecule has 0 fully saturated rings. The number of aliphatic carboxylic acids is 1. The largest absolute Gasteiger partial charge is 0.481 e. The van der Waals surface area contributed by atoms with Crippen LogP contribution in [0.4, 0.5) is 0 Å². The molecule has 0 heterocycles. The van der Waals surface area contributed by atoms with Crippen molar-refractivity contribution in [2.75, 3.05) is 0 Å². The summed E-state index contributed by atoms with van der Waals surface area (Å²) in [5, 5.41) is 8.77. The zero-order valence-electron chi connectivity index (χ0n) is 8.50. The Hall–Kier alpha value is -0.530. The van der Waals surface area contributed by atoms with E-state index >= 15 is 0 Å². The van der Waals surface area contributed by atoms with Crippen molar-refractivity contribution in [1.29, 1.82) is 0 Å². The van der Waals surface area contributed by atoms with Crippen molar-refractivity contribution in [2.24, 2.45) is 17.8 Å². The molecular formula is C10H20O2. The number of hydrogen-bond acceptors (Lipinski definition) is 1. The van der Waals surface area contributed by atoms with Crippen molar-refractivity contribution < 1.29 is 9.90 Å². The molecule has 12 heavy (non-hydrogen) atoms. The second kappa shape index (κ2) is 5.18. The normalized spacial score (nSPS) is 18.3. The molecular weight excluding hydrogens is 152 g/mol. The first-order valence-corrected chi connectivity index (χ1v) is 4.73. The van der Waals surface area contributed by atoms with Gasteiger partial charge in [-0.3, -0.25) is 4.79 Å². The molecule has 0 rings (SSSR count). The Balaban J connectivity index is 3.99. The second-order valence-corrected chi connectivity index (χ2v) is 3.75. The van der Waals surface area contributed by atoms with Crippen LogP contribution in [0.25, 0.3) is 0 Å². The highest BCUT2D eigenvalue weighted by Crippen LogP contribution is 2.24. The maximum Gasteiger partial charge on any atom is 0.306 e. The van der Waals surface area contributed by atoms with E-state index in [0.29, 0.717) is 5.92 Å². The summed E-state index contributed by atoms with van der Waals surface area (Å²) in [5.74, 6) is -0.0967. The average Bonchev–Trinajstić information content (AvgIpc) is 2.02. The maximum atomic E-state index is 10.6. The highest BCUT2D eigenvalue weighted by Gasteiger charge is 2.23. The molecule has 0 aromatic rings. The Bertz CT molecular complexity index is 143. The lowest BCUT2D eigenvalue weighted by molar-refractivity contribution is -0.143. The third-order valence-electron chi connectivity index (χ3n) is 2.82. The lowest BCUT2D eigenvalue weighted by atomic mass is 9.83. The highest BCUT2D eigenvalue weighted by molar-refractivity contribution is 5.69. The van der Waals surface area contributed by atoms with Gasteiger partial charge in [0.15, 0.2) is 0 Å². The summed E-state index contributed by atoms with van der Waals surface area (Å²) >= 11 is 0. The molecule has 0 spiro atoms. The van der Waals surface area contributed by atoms with Crippen LogP contribution in [0.1, 0.15) is 40.5 Å². The van der Waals surface area contributed by atoms with E-state index in [1.165, 1.54) is 0 Å². The predicted molar refractivity (Wildman–Crippen MR) is 50.0 cm³/mol. The summed E-state index contributed by atoms with van der Waals surface area (Å²) < 4.78 is 0. The van der Waals surface area contributed by atoms with Gasteiger partial charge in [-0.25, -0.2) is 0 Å². The topological polar surface area (TPSA) is 37.3 Å². The maximum absolute atomic E-state index is 10.6. The molecule has 0 amide bonds. The van der Waals surface area contributed by atoms with Crippen LogP contribution in [-0.2, 0) is 4.79 Å². The van der Waals surface area contributed by atoms with Crippen molar-refractivity contribution in [3.05, 3.63) is 0 Å². The molecule has 3 unspecified atom stereocenters. The van der Waals surface area contributed by atoms with Gasteiger partial charge in [0.1, 0.15) is 0 Å². The van der Waals surface area contributed by atoms with Crippen LogP contribution >= 0.6 is 0 Å². The monoisotopic (exact) mass is 172 g/mol. The number of hydrogen-bond donors (Lipinski definition) is 1. The van der Waals surface area contributed by atoms with E-state index < -0.39 is 5.97 Å². The first-order valence-electron chi connectivity index (χ1n) is 4.73. The van der Waals surface area contributed by atoms with E-state index in [-0.39, 0.29) is 11.8 Å². The van der Waals surface area contributed by atoms with E-state index in [4.69, 9.17) is 5.11 Å². The third kappa shape index (κ3) is 3.24. The van der Waals surface area contributed by atoms with Gasteiger partial charge >= 0.3 is 5.97 Å². The molecule has 1 N–H and O–H groups in total. The van der Waals surface area contributed by atoms with E-state index in [9.17, 15) is 4.79 Å². The molecule has 0 aliphatic heterocycles. The van der Waals surface area contributed by atoms with Crippen LogP contribution in [-0.4, -0.2) is 11.1 Å². The number of rotatable bonds is 5. The average molecular weight is 172 g/mol. The fraction of sp³-hybridized carbons (Fsp3) is 0.900. The zero-order valence-corrected chi connectivity index (χ0v) is 8.50. The summed E-state index contributed by atoms with van der Waals surface area (Å²) in [6.45, 7) is 8.08. The Labute approximate surface area is 75.0 Å². The van der Waals surface area contributed by atoms with Gasteiger partial charge in [0, 0.05) is 0 Å². The highest BCUT2D eigenvalue weighted by atomic mass is 16.4. The van der Waals surface area contributed by atoms with Crippen LogP contribution in [0.3, 0.4) is 0 Å². The summed E-state index contributed by atoms with van der Waals surface area (Å²) in [4.78, 5) is 10.6. The lowest BCUT2D eigenvalue weighted by Gasteiger charge is -2.22. The van der Waals surface area contributed by atoms with Gasteiger partial charge in [-0.1, -0.05) is 40.5 Å². The molecule has 72 valence electrons. The molecule has 2 nitrogen and oxygen atoms in total. The van der Waals surface area contributed by atoms with Gasteiger partial charge in [-0.05, 0) is 11.8 Å². The Morgan fingerprint density at radius 2 is 1.83 bits per heavy atom. The first kappa shape index (κ1) is 11.5. The summed E-state index contributed by atoms with van der Waals surface area (Å²) in [6, 6.07) is 0. The second-order valence-electron chi connectivity index (χ2n) is 3.75. The molecule has 0 radical (unpaired) electrons. The van der Waals surface area contributed by atoms with Gasteiger partial charge in [-0.15, -0.1) is 0 Å². The van der Waals surface area contributed by atoms with E-state index in [1.54, 1.807) is 6.92 Å². The molecule has 0 saturated heterocycles. The molecule has 0 aromatic carbocycles. The van der Waals surface area contributed by atoms with Crippen molar-refractivity contribution in [3.8, 4) is 0 Å². The van der Waals surface area contributed by atoms with Gasteiger partial charge in [-0.2, -0.15) is 0 Å². The van der Waals surface area contributed by atoms with Crippen LogP contribution in [0.5, 0.6) is 0 Å². The van der Waals surface area contributed by atoms with Crippen LogP contribution in [0.15, 0.2) is 0 Å². The quantitative estimate of drug-likeness (QED) is 0.692. The number of carboxylic acids is 1. The van der Waals surface area contributed by atoms with Crippen LogP contribution < -0.4 is 0 Å². The van der Waals surface area contributed by atoms with E-state index in [2.05, 4.69) is 13.8 Å². The first-order chi connectivity index (χ1) is 5.50. The van der Waals surface area contributed by atoms with Crippen molar-refractivity contribution in [3.63, 3.8) is 0 Å². The molecule has 3 atom stereocenters. The van der Waals surface area contributed by atoms with E-state index in [0.717, 1.165) is 12.8 Å². The SMILES string of the molecule is CCCC(C)C(C)C(C)C(=O)O. The number of carbonyl (C=O) groups is 1. The van der Waals surface area contributed by atoms with Gasteiger partial charge in [0.2, 0.25) is 0 Å². The van der Waals surface area contributed by atoms with E-state index in [1.807, 2.05) is 6.92 Å². The fourth-order valence-electron chi connectivity index (χ4n) is 1.44. The van der Waals surface area contributed by atoms with Crippen LogP contribution in [0.2, 0.25) is 0 Å². The summed E-state index contributed by atoms with van der Waals surface area (Å²) in [7, 11) is 0. The minimum atomic E-state index is -0.676. The minimum absolute atomic E-state index is 0.216. The molecule has 2 heteroatoms. The minimum Gasteiger partial charge on any atom is -0.481 e.